The number of carbonyl (C=O) groups excluding carboxylic acids is 1. The van der Waals surface area contributed by atoms with Crippen molar-refractivity contribution in [1.82, 2.24) is 24.8 Å². The number of aromatic nitrogens is 4. The Hall–Kier alpha value is -2.71. The first-order valence-corrected chi connectivity index (χ1v) is 8.42. The lowest BCUT2D eigenvalue weighted by atomic mass is 9.98. The second kappa shape index (κ2) is 7.45. The smallest absolute Gasteiger partial charge is 0.303 e. The van der Waals surface area contributed by atoms with Gasteiger partial charge in [0, 0.05) is 26.1 Å². The van der Waals surface area contributed by atoms with Gasteiger partial charge >= 0.3 is 5.97 Å². The summed E-state index contributed by atoms with van der Waals surface area (Å²) in [5.41, 5.74) is 1.25. The molecule has 0 aliphatic carbocycles. The number of fused-ring (bicyclic) bond motifs is 1. The summed E-state index contributed by atoms with van der Waals surface area (Å²) in [6.45, 7) is 0.856. The van der Waals surface area contributed by atoms with Gasteiger partial charge < -0.3 is 19.9 Å². The van der Waals surface area contributed by atoms with E-state index in [0.29, 0.717) is 29.9 Å². The van der Waals surface area contributed by atoms with Crippen LogP contribution in [0, 0.1) is 0 Å². The molecule has 1 atom stereocenters. The van der Waals surface area contributed by atoms with Crippen molar-refractivity contribution >= 4 is 28.9 Å². The molecule has 0 saturated carbocycles. The minimum absolute atomic E-state index is 0.00308. The number of anilines is 1. The van der Waals surface area contributed by atoms with Crippen molar-refractivity contribution in [3.8, 4) is 0 Å². The number of nitrogens with zero attached hydrogens (tertiary/aromatic N) is 5. The van der Waals surface area contributed by atoms with Gasteiger partial charge in [-0.3, -0.25) is 9.59 Å². The molecule has 1 fully saturated rings. The molecule has 25 heavy (non-hydrogen) atoms. The zero-order valence-corrected chi connectivity index (χ0v) is 14.2. The molecule has 0 bridgehead atoms. The molecule has 1 saturated heterocycles. The molecule has 1 amide bonds. The predicted octanol–water partition coefficient (Wildman–Crippen LogP) is 1.03. The van der Waals surface area contributed by atoms with Crippen LogP contribution in [-0.4, -0.2) is 68.0 Å². The zero-order valence-electron chi connectivity index (χ0n) is 14.2. The molecular formula is C16H22N6O3. The average Bonchev–Trinajstić information content (AvgIpc) is 3.08. The fourth-order valence-electron chi connectivity index (χ4n) is 3.33. The minimum atomic E-state index is -0.822. The van der Waals surface area contributed by atoms with E-state index < -0.39 is 5.97 Å². The number of rotatable bonds is 6. The van der Waals surface area contributed by atoms with Crippen molar-refractivity contribution in [3.05, 3.63) is 12.7 Å². The Morgan fingerprint density at radius 1 is 1.36 bits per heavy atom. The zero-order chi connectivity index (χ0) is 17.8. The minimum Gasteiger partial charge on any atom is -0.481 e. The second-order valence-electron chi connectivity index (χ2n) is 6.32. The van der Waals surface area contributed by atoms with E-state index >= 15 is 0 Å². The van der Waals surface area contributed by atoms with Crippen LogP contribution in [-0.2, 0) is 9.59 Å². The summed E-state index contributed by atoms with van der Waals surface area (Å²) in [4.78, 5) is 42.6. The lowest BCUT2D eigenvalue weighted by molar-refractivity contribution is -0.139. The second-order valence-corrected chi connectivity index (χ2v) is 6.32. The van der Waals surface area contributed by atoms with Gasteiger partial charge in [0.05, 0.1) is 12.9 Å². The Morgan fingerprint density at radius 3 is 3.00 bits per heavy atom. The predicted molar refractivity (Wildman–Crippen MR) is 91.2 cm³/mol. The number of nitrogens with one attached hydrogen (secondary N) is 1. The number of likely N-dealkylation sites (N-methyl/N-ethyl adjacent to an activating group) is 1. The number of piperidine rings is 1. The van der Waals surface area contributed by atoms with Crippen LogP contribution in [0.2, 0.25) is 0 Å². The first-order valence-electron chi connectivity index (χ1n) is 8.42. The Balaban J connectivity index is 1.69. The van der Waals surface area contributed by atoms with Crippen molar-refractivity contribution in [2.24, 2.45) is 0 Å². The molecule has 9 nitrogen and oxygen atoms in total. The van der Waals surface area contributed by atoms with Gasteiger partial charge in [0.25, 0.3) is 0 Å². The van der Waals surface area contributed by atoms with Crippen LogP contribution >= 0.6 is 0 Å². The molecule has 2 N–H and O–H groups in total. The van der Waals surface area contributed by atoms with Gasteiger partial charge in [-0.25, -0.2) is 15.0 Å². The highest BCUT2D eigenvalue weighted by atomic mass is 16.4. The van der Waals surface area contributed by atoms with Crippen LogP contribution in [0.1, 0.15) is 32.1 Å². The normalized spacial score (nSPS) is 17.6. The van der Waals surface area contributed by atoms with Crippen LogP contribution in [0.25, 0.3) is 11.2 Å². The van der Waals surface area contributed by atoms with E-state index in [1.54, 1.807) is 18.3 Å². The van der Waals surface area contributed by atoms with E-state index in [9.17, 15) is 9.59 Å². The Labute approximate surface area is 145 Å². The topological polar surface area (TPSA) is 115 Å². The molecule has 0 radical (unpaired) electrons. The molecule has 3 heterocycles. The van der Waals surface area contributed by atoms with E-state index in [1.165, 1.54) is 6.33 Å². The number of hydrogen-bond donors (Lipinski definition) is 2. The van der Waals surface area contributed by atoms with Crippen LogP contribution in [0.5, 0.6) is 0 Å². The highest BCUT2D eigenvalue weighted by molar-refractivity contribution is 5.87. The maximum Gasteiger partial charge on any atom is 0.303 e. The van der Waals surface area contributed by atoms with Gasteiger partial charge in [-0.1, -0.05) is 0 Å². The highest BCUT2D eigenvalue weighted by Crippen LogP contribution is 2.23. The molecule has 2 aromatic heterocycles. The summed E-state index contributed by atoms with van der Waals surface area (Å²) in [5.74, 6) is -0.212. The maximum absolute atomic E-state index is 12.8. The van der Waals surface area contributed by atoms with E-state index in [0.717, 1.165) is 19.3 Å². The molecule has 9 heteroatoms. The Kier molecular flexibility index (Phi) is 5.11. The number of hydrogen-bond acceptors (Lipinski definition) is 6. The number of carboxylic acids is 1. The number of carboxylic acid groups (broad SMARTS) is 1. The number of amides is 1. The third-order valence-corrected chi connectivity index (χ3v) is 4.58. The molecule has 1 aliphatic heterocycles. The van der Waals surface area contributed by atoms with E-state index in [4.69, 9.17) is 5.11 Å². The number of carbonyl (C=O) groups is 2. The van der Waals surface area contributed by atoms with E-state index in [2.05, 4.69) is 19.9 Å². The summed E-state index contributed by atoms with van der Waals surface area (Å²) >= 11 is 0. The lowest BCUT2D eigenvalue weighted by Crippen LogP contribution is -2.47. The SMILES string of the molecule is CN(CC(=O)N1CCCCC1CCC(=O)O)c1ncnc2nc[nH]c12. The van der Waals surface area contributed by atoms with Crippen LogP contribution < -0.4 is 4.90 Å². The molecule has 2 aromatic rings. The summed E-state index contributed by atoms with van der Waals surface area (Å²) in [6, 6.07) is 0.00308. The Morgan fingerprint density at radius 2 is 2.20 bits per heavy atom. The van der Waals surface area contributed by atoms with Gasteiger partial charge in [0.1, 0.15) is 11.8 Å². The van der Waals surface area contributed by atoms with Crippen LogP contribution in [0.3, 0.4) is 0 Å². The third kappa shape index (κ3) is 3.86. The van der Waals surface area contributed by atoms with Gasteiger partial charge in [0.15, 0.2) is 11.5 Å². The molecule has 3 rings (SSSR count). The summed E-state index contributed by atoms with van der Waals surface area (Å²) in [5, 5.41) is 8.91. The van der Waals surface area contributed by atoms with E-state index in [1.807, 2.05) is 4.90 Å². The third-order valence-electron chi connectivity index (χ3n) is 4.58. The molecule has 1 unspecified atom stereocenters. The van der Waals surface area contributed by atoms with Crippen molar-refractivity contribution in [2.75, 3.05) is 25.0 Å². The largest absolute Gasteiger partial charge is 0.481 e. The monoisotopic (exact) mass is 346 g/mol. The first kappa shape index (κ1) is 17.1. The fourth-order valence-corrected chi connectivity index (χ4v) is 3.33. The highest BCUT2D eigenvalue weighted by Gasteiger charge is 2.28. The molecule has 0 spiro atoms. The lowest BCUT2D eigenvalue weighted by Gasteiger charge is -2.36. The number of imidazole rings is 1. The summed E-state index contributed by atoms with van der Waals surface area (Å²) in [7, 11) is 1.80. The maximum atomic E-state index is 12.8. The quantitative estimate of drug-likeness (QED) is 0.802. The summed E-state index contributed by atoms with van der Waals surface area (Å²) in [6.07, 6.45) is 6.41. The number of H-pyrrole nitrogens is 1. The molecule has 1 aliphatic rings. The standard InChI is InChI=1S/C16H22N6O3/c1-21(16-14-15(18-9-17-14)19-10-20-16)8-12(23)22-7-3-2-4-11(22)5-6-13(24)25/h9-11H,2-8H2,1H3,(H,24,25)(H,17,18,19,20). The van der Waals surface area contributed by atoms with Crippen molar-refractivity contribution in [2.45, 2.75) is 38.1 Å². The molecule has 0 aromatic carbocycles. The number of aromatic amines is 1. The molecular weight excluding hydrogens is 324 g/mol. The van der Waals surface area contributed by atoms with Gasteiger partial charge in [-0.15, -0.1) is 0 Å². The van der Waals surface area contributed by atoms with Gasteiger partial charge in [-0.2, -0.15) is 0 Å². The molecule has 134 valence electrons. The van der Waals surface area contributed by atoms with Crippen molar-refractivity contribution in [1.29, 1.82) is 0 Å². The number of aliphatic carboxylic acids is 1. The van der Waals surface area contributed by atoms with Crippen LogP contribution in [0.4, 0.5) is 5.82 Å². The fraction of sp³-hybridized carbons (Fsp3) is 0.562. The summed E-state index contributed by atoms with van der Waals surface area (Å²) < 4.78 is 0. The van der Waals surface area contributed by atoms with Gasteiger partial charge in [0.2, 0.25) is 5.91 Å². The van der Waals surface area contributed by atoms with Crippen molar-refractivity contribution < 1.29 is 14.7 Å². The van der Waals surface area contributed by atoms with Crippen LogP contribution in [0.15, 0.2) is 12.7 Å². The van der Waals surface area contributed by atoms with Gasteiger partial charge in [-0.05, 0) is 25.7 Å². The Bertz CT molecular complexity index is 761. The average molecular weight is 346 g/mol. The van der Waals surface area contributed by atoms with Crippen molar-refractivity contribution in [3.63, 3.8) is 0 Å². The number of likely N-dealkylation sites (tertiary alicyclic amines) is 1. The van der Waals surface area contributed by atoms with E-state index in [-0.39, 0.29) is 24.9 Å². The first-order chi connectivity index (χ1) is 12.1.